The van der Waals surface area contributed by atoms with Crippen molar-refractivity contribution in [3.63, 3.8) is 0 Å². The summed E-state index contributed by atoms with van der Waals surface area (Å²) in [5, 5.41) is 8.64. The number of amides is 2. The number of pyridine rings is 1. The molecular weight excluding hydrogens is 370 g/mol. The molecule has 0 aromatic carbocycles. The number of aryl methyl sites for hydroxylation is 2. The van der Waals surface area contributed by atoms with Crippen LogP contribution in [0.4, 0.5) is 22.2 Å². The number of aromatic nitrogens is 5. The van der Waals surface area contributed by atoms with E-state index in [0.29, 0.717) is 31.3 Å². The highest BCUT2D eigenvalue weighted by Gasteiger charge is 2.09. The van der Waals surface area contributed by atoms with Gasteiger partial charge in [0.2, 0.25) is 5.95 Å². The number of anilines is 3. The number of rotatable bonds is 8. The van der Waals surface area contributed by atoms with E-state index < -0.39 is 0 Å². The third-order valence-corrected chi connectivity index (χ3v) is 4.14. The van der Waals surface area contributed by atoms with Crippen LogP contribution < -0.4 is 20.9 Å². The van der Waals surface area contributed by atoms with Crippen LogP contribution in [0.15, 0.2) is 43.0 Å². The molecule has 3 rings (SSSR count). The minimum atomic E-state index is -0.318. The van der Waals surface area contributed by atoms with E-state index >= 15 is 0 Å². The monoisotopic (exact) mass is 395 g/mol. The lowest BCUT2D eigenvalue weighted by Crippen LogP contribution is -2.32. The van der Waals surface area contributed by atoms with Crippen molar-refractivity contribution >= 4 is 23.5 Å². The van der Waals surface area contributed by atoms with Crippen molar-refractivity contribution in [2.75, 3.05) is 35.7 Å². The van der Waals surface area contributed by atoms with Gasteiger partial charge in [0.1, 0.15) is 11.6 Å². The summed E-state index contributed by atoms with van der Waals surface area (Å²) in [6.07, 6.45) is 6.79. The fourth-order valence-electron chi connectivity index (χ4n) is 2.60. The first kappa shape index (κ1) is 20.1. The van der Waals surface area contributed by atoms with E-state index in [9.17, 15) is 4.79 Å². The molecular formula is C19H25N9O. The minimum Gasteiger partial charge on any atom is -0.368 e. The first-order valence-corrected chi connectivity index (χ1v) is 9.23. The second kappa shape index (κ2) is 9.49. The van der Waals surface area contributed by atoms with Gasteiger partial charge >= 0.3 is 6.03 Å². The van der Waals surface area contributed by atoms with Crippen LogP contribution in [0.3, 0.4) is 0 Å². The fourth-order valence-corrected chi connectivity index (χ4v) is 2.60. The molecule has 3 aromatic heterocycles. The number of hydrogen-bond acceptors (Lipinski definition) is 7. The topological polar surface area (TPSA) is 113 Å². The van der Waals surface area contributed by atoms with Gasteiger partial charge in [0.05, 0.1) is 24.6 Å². The molecule has 0 unspecified atom stereocenters. The van der Waals surface area contributed by atoms with Gasteiger partial charge in [-0.05, 0) is 19.1 Å². The molecule has 0 aliphatic rings. The molecule has 0 aliphatic heterocycles. The summed E-state index contributed by atoms with van der Waals surface area (Å²) >= 11 is 0. The minimum absolute atomic E-state index is 0.318. The SMILES string of the molecule is Cc1cccc(NCCNC(=O)Nc2cnc(N(C)Cc3nccn3C)nc2)n1. The maximum absolute atomic E-state index is 12.0. The number of carbonyl (C=O) groups excluding carboxylic acids is 1. The summed E-state index contributed by atoms with van der Waals surface area (Å²) in [5.74, 6) is 2.24. The number of imidazole rings is 1. The first-order chi connectivity index (χ1) is 14.0. The van der Waals surface area contributed by atoms with Crippen LogP contribution in [0.2, 0.25) is 0 Å². The Kier molecular flexibility index (Phi) is 6.56. The molecule has 0 radical (unpaired) electrons. The van der Waals surface area contributed by atoms with Crippen molar-refractivity contribution in [1.29, 1.82) is 0 Å². The standard InChI is InChI=1S/C19H25N9O/c1-14-5-4-6-16(25-14)20-7-8-22-19(29)26-15-11-23-18(24-12-15)28(3)13-17-21-9-10-27(17)2/h4-6,9-12H,7-8,13H2,1-3H3,(H,20,25)(H2,22,26,29). The van der Waals surface area contributed by atoms with Crippen molar-refractivity contribution in [1.82, 2.24) is 29.8 Å². The molecule has 0 bridgehead atoms. The van der Waals surface area contributed by atoms with Crippen LogP contribution in [-0.2, 0) is 13.6 Å². The lowest BCUT2D eigenvalue weighted by atomic mass is 10.4. The summed E-state index contributed by atoms with van der Waals surface area (Å²) < 4.78 is 1.95. The van der Waals surface area contributed by atoms with Gasteiger partial charge in [0.15, 0.2) is 0 Å². The average molecular weight is 395 g/mol. The molecule has 10 nitrogen and oxygen atoms in total. The lowest BCUT2D eigenvalue weighted by Gasteiger charge is -2.16. The van der Waals surface area contributed by atoms with Gasteiger partial charge in [-0.1, -0.05) is 6.07 Å². The number of nitrogens with zero attached hydrogens (tertiary/aromatic N) is 6. The van der Waals surface area contributed by atoms with Crippen LogP contribution in [0.1, 0.15) is 11.5 Å². The zero-order chi connectivity index (χ0) is 20.6. The summed E-state index contributed by atoms with van der Waals surface area (Å²) in [5.41, 5.74) is 1.46. The molecule has 3 heterocycles. The summed E-state index contributed by atoms with van der Waals surface area (Å²) in [6.45, 7) is 3.53. The van der Waals surface area contributed by atoms with Crippen LogP contribution in [0, 0.1) is 6.92 Å². The van der Waals surface area contributed by atoms with Crippen LogP contribution in [0.5, 0.6) is 0 Å². The molecule has 0 spiro atoms. The Balaban J connectivity index is 1.41. The van der Waals surface area contributed by atoms with Gasteiger partial charge in [-0.25, -0.2) is 24.7 Å². The van der Waals surface area contributed by atoms with Gasteiger partial charge in [-0.2, -0.15) is 0 Å². The van der Waals surface area contributed by atoms with E-state index in [4.69, 9.17) is 0 Å². The van der Waals surface area contributed by atoms with Crippen molar-refractivity contribution in [3.05, 3.63) is 54.5 Å². The van der Waals surface area contributed by atoms with Gasteiger partial charge in [-0.3, -0.25) is 0 Å². The fraction of sp³-hybridized carbons (Fsp3) is 0.316. The molecule has 0 fully saturated rings. The van der Waals surface area contributed by atoms with E-state index in [-0.39, 0.29) is 6.03 Å². The molecule has 10 heteroatoms. The number of hydrogen-bond donors (Lipinski definition) is 3. The number of carbonyl (C=O) groups is 1. The molecule has 0 saturated carbocycles. The Labute approximate surface area is 169 Å². The van der Waals surface area contributed by atoms with E-state index in [1.807, 2.05) is 54.9 Å². The van der Waals surface area contributed by atoms with E-state index in [0.717, 1.165) is 17.3 Å². The van der Waals surface area contributed by atoms with Gasteiger partial charge in [0, 0.05) is 45.3 Å². The quantitative estimate of drug-likeness (QED) is 0.498. The summed E-state index contributed by atoms with van der Waals surface area (Å²) in [4.78, 5) is 31.1. The molecule has 0 atom stereocenters. The Bertz CT molecular complexity index is 939. The largest absolute Gasteiger partial charge is 0.368 e. The molecule has 0 aliphatic carbocycles. The second-order valence-electron chi connectivity index (χ2n) is 6.55. The number of nitrogens with one attached hydrogen (secondary N) is 3. The third-order valence-electron chi connectivity index (χ3n) is 4.14. The Hall–Kier alpha value is -3.69. The molecule has 2 amide bonds. The highest BCUT2D eigenvalue weighted by molar-refractivity contribution is 5.88. The highest BCUT2D eigenvalue weighted by Crippen LogP contribution is 2.11. The van der Waals surface area contributed by atoms with Crippen molar-refractivity contribution in [3.8, 4) is 0 Å². The lowest BCUT2D eigenvalue weighted by molar-refractivity contribution is 0.252. The second-order valence-corrected chi connectivity index (χ2v) is 6.55. The molecule has 0 saturated heterocycles. The molecule has 3 aromatic rings. The Morgan fingerprint density at radius 1 is 1.17 bits per heavy atom. The highest BCUT2D eigenvalue weighted by atomic mass is 16.2. The summed E-state index contributed by atoms with van der Waals surface area (Å²) in [6, 6.07) is 5.43. The predicted octanol–water partition coefficient (Wildman–Crippen LogP) is 1.78. The van der Waals surface area contributed by atoms with Gasteiger partial charge < -0.3 is 25.4 Å². The van der Waals surface area contributed by atoms with Crippen molar-refractivity contribution < 1.29 is 4.79 Å². The van der Waals surface area contributed by atoms with Crippen LogP contribution in [0.25, 0.3) is 0 Å². The zero-order valence-electron chi connectivity index (χ0n) is 16.8. The summed E-state index contributed by atoms with van der Waals surface area (Å²) in [7, 11) is 3.83. The molecule has 152 valence electrons. The Morgan fingerprint density at radius 2 is 1.97 bits per heavy atom. The maximum Gasteiger partial charge on any atom is 0.319 e. The average Bonchev–Trinajstić information content (AvgIpc) is 3.10. The van der Waals surface area contributed by atoms with E-state index in [1.54, 1.807) is 18.6 Å². The van der Waals surface area contributed by atoms with E-state index in [2.05, 4.69) is 35.9 Å². The zero-order valence-corrected chi connectivity index (χ0v) is 16.8. The predicted molar refractivity (Wildman–Crippen MR) is 112 cm³/mol. The van der Waals surface area contributed by atoms with Crippen LogP contribution in [-0.4, -0.2) is 50.7 Å². The van der Waals surface area contributed by atoms with E-state index in [1.165, 1.54) is 0 Å². The number of urea groups is 1. The normalized spacial score (nSPS) is 10.4. The van der Waals surface area contributed by atoms with Crippen molar-refractivity contribution in [2.45, 2.75) is 13.5 Å². The molecule has 3 N–H and O–H groups in total. The van der Waals surface area contributed by atoms with Gasteiger partial charge in [-0.15, -0.1) is 0 Å². The van der Waals surface area contributed by atoms with Crippen molar-refractivity contribution in [2.24, 2.45) is 7.05 Å². The maximum atomic E-state index is 12.0. The first-order valence-electron chi connectivity index (χ1n) is 9.23. The molecule has 29 heavy (non-hydrogen) atoms. The van der Waals surface area contributed by atoms with Gasteiger partial charge in [0.25, 0.3) is 0 Å². The third kappa shape index (κ3) is 5.89. The smallest absolute Gasteiger partial charge is 0.319 e. The van der Waals surface area contributed by atoms with Crippen LogP contribution >= 0.6 is 0 Å². The Morgan fingerprint density at radius 3 is 2.66 bits per heavy atom.